The molecular formula is C30H38N6O5. The molecule has 1 aliphatic heterocycles. The Balaban J connectivity index is 1.48. The minimum atomic E-state index is -1.14. The van der Waals surface area contributed by atoms with Gasteiger partial charge in [0, 0.05) is 54.8 Å². The van der Waals surface area contributed by atoms with E-state index in [1.54, 1.807) is 21.9 Å². The molecule has 0 aliphatic carbocycles. The maximum atomic E-state index is 13.6. The molecule has 4 amide bonds. The molecule has 0 bridgehead atoms. The summed E-state index contributed by atoms with van der Waals surface area (Å²) >= 11 is 0. The summed E-state index contributed by atoms with van der Waals surface area (Å²) < 4.78 is 0. The van der Waals surface area contributed by atoms with Gasteiger partial charge >= 0.3 is 12.0 Å². The Morgan fingerprint density at radius 1 is 0.927 bits per heavy atom. The summed E-state index contributed by atoms with van der Waals surface area (Å²) in [7, 11) is 0. The highest BCUT2D eigenvalue weighted by Gasteiger charge is 2.34. The van der Waals surface area contributed by atoms with Crippen molar-refractivity contribution in [3.63, 3.8) is 0 Å². The van der Waals surface area contributed by atoms with Crippen LogP contribution in [0.25, 0.3) is 10.9 Å². The van der Waals surface area contributed by atoms with Gasteiger partial charge in [-0.1, -0.05) is 43.3 Å². The first-order chi connectivity index (χ1) is 19.8. The summed E-state index contributed by atoms with van der Waals surface area (Å²) in [6, 6.07) is 14.1. The fourth-order valence-electron chi connectivity index (χ4n) is 5.18. The third-order valence-corrected chi connectivity index (χ3v) is 7.61. The molecule has 6 N–H and O–H groups in total. The second-order valence-corrected chi connectivity index (χ2v) is 10.3. The third-order valence-electron chi connectivity index (χ3n) is 7.61. The van der Waals surface area contributed by atoms with Crippen molar-refractivity contribution in [1.29, 1.82) is 0 Å². The second-order valence-electron chi connectivity index (χ2n) is 10.3. The van der Waals surface area contributed by atoms with Gasteiger partial charge in [-0.25, -0.2) is 9.59 Å². The molecule has 0 radical (unpaired) electrons. The van der Waals surface area contributed by atoms with E-state index in [0.29, 0.717) is 51.1 Å². The molecule has 41 heavy (non-hydrogen) atoms. The minimum Gasteiger partial charge on any atom is -0.480 e. The van der Waals surface area contributed by atoms with Crippen LogP contribution < -0.4 is 16.4 Å². The molecule has 1 fully saturated rings. The van der Waals surface area contributed by atoms with Crippen molar-refractivity contribution in [2.45, 2.75) is 44.2 Å². The topological polar surface area (TPSA) is 161 Å². The lowest BCUT2D eigenvalue weighted by molar-refractivity contribution is -0.142. The van der Waals surface area contributed by atoms with Gasteiger partial charge in [0.25, 0.3) is 5.91 Å². The highest BCUT2D eigenvalue weighted by Crippen LogP contribution is 2.28. The predicted molar refractivity (Wildman–Crippen MR) is 155 cm³/mol. The highest BCUT2D eigenvalue weighted by atomic mass is 16.4. The van der Waals surface area contributed by atoms with Gasteiger partial charge in [0.1, 0.15) is 12.1 Å². The third kappa shape index (κ3) is 7.23. The van der Waals surface area contributed by atoms with E-state index in [2.05, 4.69) is 15.6 Å². The molecule has 1 saturated heterocycles. The van der Waals surface area contributed by atoms with Crippen LogP contribution in [0, 0.1) is 0 Å². The Kier molecular flexibility index (Phi) is 9.96. The number of hydrogen-bond donors (Lipinski definition) is 5. The molecule has 1 aromatic heterocycles. The molecule has 2 aromatic carbocycles. The van der Waals surface area contributed by atoms with Gasteiger partial charge in [-0.2, -0.15) is 0 Å². The van der Waals surface area contributed by atoms with E-state index >= 15 is 0 Å². The van der Waals surface area contributed by atoms with Crippen LogP contribution in [0.5, 0.6) is 0 Å². The van der Waals surface area contributed by atoms with Crippen LogP contribution in [0.1, 0.15) is 48.0 Å². The maximum absolute atomic E-state index is 13.6. The number of amides is 4. The Bertz CT molecular complexity index is 1350. The molecule has 3 atom stereocenters. The number of unbranched alkanes of at least 4 members (excludes halogenated alkanes) is 1. The number of nitrogens with one attached hydrogen (secondary N) is 3. The summed E-state index contributed by atoms with van der Waals surface area (Å²) in [5.41, 5.74) is 7.86. The zero-order valence-corrected chi connectivity index (χ0v) is 23.2. The Labute approximate surface area is 239 Å². The first-order valence-electron chi connectivity index (χ1n) is 14.0. The highest BCUT2D eigenvalue weighted by molar-refractivity contribution is 5.95. The first kappa shape index (κ1) is 29.6. The molecule has 11 heteroatoms. The fourth-order valence-corrected chi connectivity index (χ4v) is 5.18. The van der Waals surface area contributed by atoms with Crippen molar-refractivity contribution in [1.82, 2.24) is 25.4 Å². The lowest BCUT2D eigenvalue weighted by atomic mass is 9.92. The van der Waals surface area contributed by atoms with E-state index in [-0.39, 0.29) is 12.3 Å². The molecule has 1 aliphatic rings. The van der Waals surface area contributed by atoms with Crippen LogP contribution in [0.4, 0.5) is 4.79 Å². The molecular weight excluding hydrogens is 524 g/mol. The summed E-state index contributed by atoms with van der Waals surface area (Å²) in [6.07, 6.45) is 3.24. The zero-order valence-electron chi connectivity index (χ0n) is 23.2. The number of carbonyl (C=O) groups is 4. The van der Waals surface area contributed by atoms with Gasteiger partial charge in [-0.05, 0) is 49.6 Å². The number of carbonyl (C=O) groups excluding carboxylic acids is 3. The van der Waals surface area contributed by atoms with Crippen molar-refractivity contribution in [2.75, 3.05) is 32.7 Å². The average molecular weight is 563 g/mol. The Morgan fingerprint density at radius 2 is 1.59 bits per heavy atom. The van der Waals surface area contributed by atoms with E-state index in [0.717, 1.165) is 16.5 Å². The molecule has 3 unspecified atom stereocenters. The number of hydrogen-bond acceptors (Lipinski definition) is 5. The van der Waals surface area contributed by atoms with Gasteiger partial charge < -0.3 is 36.3 Å². The van der Waals surface area contributed by atoms with Crippen molar-refractivity contribution in [2.24, 2.45) is 5.73 Å². The maximum Gasteiger partial charge on any atom is 0.326 e. The number of benzene rings is 2. The number of carboxylic acids is 1. The number of nitrogens with two attached hydrogens (primary N) is 1. The van der Waals surface area contributed by atoms with E-state index < -0.39 is 35.9 Å². The number of para-hydroxylation sites is 1. The summed E-state index contributed by atoms with van der Waals surface area (Å²) in [5.74, 6) is -2.28. The van der Waals surface area contributed by atoms with Crippen LogP contribution in [0.15, 0.2) is 60.8 Å². The number of nitrogens with zero attached hydrogens (tertiary/aromatic N) is 2. The number of H-pyrrole nitrogens is 1. The van der Waals surface area contributed by atoms with Gasteiger partial charge in [-0.3, -0.25) is 9.59 Å². The van der Waals surface area contributed by atoms with Crippen LogP contribution in [0.2, 0.25) is 0 Å². The second kappa shape index (κ2) is 13.8. The minimum absolute atomic E-state index is 0.0924. The quantitative estimate of drug-likeness (QED) is 0.226. The lowest BCUT2D eigenvalue weighted by Gasteiger charge is -2.36. The summed E-state index contributed by atoms with van der Waals surface area (Å²) in [6.45, 7) is 3.59. The predicted octanol–water partition coefficient (Wildman–Crippen LogP) is 2.51. The Morgan fingerprint density at radius 3 is 2.27 bits per heavy atom. The van der Waals surface area contributed by atoms with Crippen molar-refractivity contribution >= 4 is 34.7 Å². The monoisotopic (exact) mass is 562 g/mol. The number of aliphatic carboxylic acids is 1. The number of aromatic nitrogens is 1. The molecule has 2 heterocycles. The zero-order chi connectivity index (χ0) is 29.4. The molecule has 3 aromatic rings. The van der Waals surface area contributed by atoms with Crippen LogP contribution in [-0.4, -0.2) is 88.5 Å². The van der Waals surface area contributed by atoms with Gasteiger partial charge in [-0.15, -0.1) is 0 Å². The molecule has 218 valence electrons. The van der Waals surface area contributed by atoms with Gasteiger partial charge in [0.15, 0.2) is 0 Å². The normalized spacial score (nSPS) is 15.7. The number of carboxylic acid groups (broad SMARTS) is 1. The van der Waals surface area contributed by atoms with Crippen molar-refractivity contribution in [3.05, 3.63) is 71.9 Å². The van der Waals surface area contributed by atoms with Gasteiger partial charge in [0.2, 0.25) is 5.91 Å². The van der Waals surface area contributed by atoms with Crippen LogP contribution in [0.3, 0.4) is 0 Å². The lowest BCUT2D eigenvalue weighted by Crippen LogP contribution is -2.58. The molecule has 0 spiro atoms. The summed E-state index contributed by atoms with van der Waals surface area (Å²) in [4.78, 5) is 58.2. The first-order valence-corrected chi connectivity index (χ1v) is 14.0. The summed E-state index contributed by atoms with van der Waals surface area (Å²) in [5, 5.41) is 16.2. The standard InChI is InChI=1S/C30H38N6O5/c1-20(23-19-32-24-12-6-5-11-22(23)24)26(27(37)33-25(29(39)40)13-7-8-14-31)34-30(41)36-17-15-35(16-18-36)28(38)21-9-3-2-4-10-21/h2-6,9-12,19-20,25-26,32H,7-8,13-18,31H2,1H3,(H,33,37)(H,34,41)(H,39,40). The van der Waals surface area contributed by atoms with Crippen LogP contribution >= 0.6 is 0 Å². The smallest absolute Gasteiger partial charge is 0.326 e. The SMILES string of the molecule is CC(c1c[nH]c2ccccc12)C(NC(=O)N1CCN(C(=O)c2ccccc2)CC1)C(=O)NC(CCCCN)C(=O)O. The van der Waals surface area contributed by atoms with Gasteiger partial charge in [0.05, 0.1) is 0 Å². The largest absolute Gasteiger partial charge is 0.480 e. The van der Waals surface area contributed by atoms with E-state index in [1.807, 2.05) is 55.6 Å². The number of fused-ring (bicyclic) bond motifs is 1. The Hall–Kier alpha value is -4.38. The molecule has 0 saturated carbocycles. The number of rotatable bonds is 11. The van der Waals surface area contributed by atoms with E-state index in [4.69, 9.17) is 5.73 Å². The average Bonchev–Trinajstić information content (AvgIpc) is 3.43. The van der Waals surface area contributed by atoms with E-state index in [1.165, 1.54) is 0 Å². The number of piperazine rings is 1. The van der Waals surface area contributed by atoms with Crippen LogP contribution in [-0.2, 0) is 9.59 Å². The fraction of sp³-hybridized carbons (Fsp3) is 0.400. The number of urea groups is 1. The number of aromatic amines is 1. The van der Waals surface area contributed by atoms with Crippen molar-refractivity contribution in [3.8, 4) is 0 Å². The molecule has 4 rings (SSSR count). The molecule has 11 nitrogen and oxygen atoms in total. The van der Waals surface area contributed by atoms with E-state index in [9.17, 15) is 24.3 Å². The van der Waals surface area contributed by atoms with Crippen molar-refractivity contribution < 1.29 is 24.3 Å².